The first-order valence-electron chi connectivity index (χ1n) is 40.4. The van der Waals surface area contributed by atoms with E-state index in [1.807, 2.05) is 6.08 Å². The second kappa shape index (κ2) is 58.0. The van der Waals surface area contributed by atoms with E-state index in [0.29, 0.717) is 12.8 Å². The van der Waals surface area contributed by atoms with Gasteiger partial charge in [-0.15, -0.1) is 0 Å². The third-order valence-electron chi connectivity index (χ3n) is 20.3. The monoisotopic (exact) mass is 1460 g/mol. The van der Waals surface area contributed by atoms with Crippen molar-refractivity contribution in [1.82, 2.24) is 10.6 Å². The van der Waals surface area contributed by atoms with E-state index < -0.39 is 155 Å². The Balaban J connectivity index is 1.51. The minimum absolute atomic E-state index is 0.199. The zero-order chi connectivity index (χ0) is 74.6. The molecule has 0 aromatic carbocycles. The van der Waals surface area contributed by atoms with Gasteiger partial charge < -0.3 is 100 Å². The van der Waals surface area contributed by atoms with Crippen molar-refractivity contribution in [2.75, 3.05) is 26.4 Å². The molecule has 596 valence electrons. The van der Waals surface area contributed by atoms with E-state index in [2.05, 4.69) is 48.8 Å². The fourth-order valence-electron chi connectivity index (χ4n) is 13.9. The van der Waals surface area contributed by atoms with Crippen LogP contribution in [0, 0.1) is 0 Å². The number of hydrogen-bond acceptors (Lipinski definition) is 20. The summed E-state index contributed by atoms with van der Waals surface area (Å²) in [6, 6.07) is -2.62. The second-order valence-corrected chi connectivity index (χ2v) is 29.3. The lowest BCUT2D eigenvalue weighted by Gasteiger charge is -2.50. The Morgan fingerprint density at radius 2 is 0.951 bits per heavy atom. The van der Waals surface area contributed by atoms with Gasteiger partial charge in [0.05, 0.1) is 50.7 Å². The van der Waals surface area contributed by atoms with Crippen LogP contribution >= 0.6 is 0 Å². The van der Waals surface area contributed by atoms with Crippen LogP contribution in [0.5, 0.6) is 0 Å². The number of unbranched alkanes of at least 4 members (excludes halogenated alkanes) is 39. The molecule has 18 atom stereocenters. The van der Waals surface area contributed by atoms with Crippen LogP contribution < -0.4 is 10.6 Å². The van der Waals surface area contributed by atoms with Crippen molar-refractivity contribution in [3.63, 3.8) is 0 Å². The van der Waals surface area contributed by atoms with Crippen LogP contribution in [0.15, 0.2) is 36.5 Å². The topological polar surface area (TPSA) is 373 Å². The third kappa shape index (κ3) is 38.2. The van der Waals surface area contributed by atoms with Gasteiger partial charge in [0, 0.05) is 19.8 Å². The normalized spacial score (nSPS) is 26.8. The van der Waals surface area contributed by atoms with Gasteiger partial charge in [0.25, 0.3) is 5.79 Å². The molecule has 23 heteroatoms. The number of carboxylic acids is 1. The minimum atomic E-state index is -3.08. The van der Waals surface area contributed by atoms with Crippen molar-refractivity contribution in [3.8, 4) is 0 Å². The maximum absolute atomic E-state index is 13.5. The molecule has 3 rings (SSSR count). The number of carbonyl (C=O) groups is 3. The lowest BCUT2D eigenvalue weighted by molar-refractivity contribution is -0.386. The van der Waals surface area contributed by atoms with Crippen molar-refractivity contribution < 1.29 is 104 Å². The number of nitrogens with one attached hydrogen (secondary N) is 2. The number of aliphatic carboxylic acids is 1. The van der Waals surface area contributed by atoms with Crippen LogP contribution in [0.25, 0.3) is 0 Å². The highest BCUT2D eigenvalue weighted by Gasteiger charge is 2.60. The summed E-state index contributed by atoms with van der Waals surface area (Å²) in [7, 11) is 0. The van der Waals surface area contributed by atoms with E-state index in [9.17, 15) is 75.7 Å². The predicted molar refractivity (Wildman–Crippen MR) is 394 cm³/mol. The summed E-state index contributed by atoms with van der Waals surface area (Å²) in [5, 5.41) is 136. The number of ether oxygens (including phenoxy) is 6. The molecular weight excluding hydrogens is 1310 g/mol. The molecule has 3 aliphatic rings. The van der Waals surface area contributed by atoms with E-state index in [-0.39, 0.29) is 12.3 Å². The van der Waals surface area contributed by atoms with Crippen LogP contribution in [0.1, 0.15) is 310 Å². The molecule has 0 saturated carbocycles. The molecule has 23 nitrogen and oxygen atoms in total. The van der Waals surface area contributed by atoms with Gasteiger partial charge in [0.15, 0.2) is 12.6 Å². The highest BCUT2D eigenvalue weighted by atomic mass is 16.8. The predicted octanol–water partition coefficient (Wildman–Crippen LogP) is 10.5. The van der Waals surface area contributed by atoms with E-state index in [0.717, 1.165) is 64.7 Å². The summed E-state index contributed by atoms with van der Waals surface area (Å²) >= 11 is 0. The Morgan fingerprint density at radius 3 is 1.38 bits per heavy atom. The quantitative estimate of drug-likeness (QED) is 0.0199. The molecule has 0 aliphatic carbocycles. The zero-order valence-corrected chi connectivity index (χ0v) is 63.0. The highest BCUT2D eigenvalue weighted by Crippen LogP contribution is 2.39. The number of aliphatic hydroxyl groups is 11. The summed E-state index contributed by atoms with van der Waals surface area (Å²) in [5.74, 6) is -6.14. The van der Waals surface area contributed by atoms with E-state index >= 15 is 0 Å². The third-order valence-corrected chi connectivity index (χ3v) is 20.3. The van der Waals surface area contributed by atoms with Gasteiger partial charge >= 0.3 is 5.97 Å². The molecule has 0 radical (unpaired) electrons. The van der Waals surface area contributed by atoms with E-state index in [4.69, 9.17) is 28.4 Å². The van der Waals surface area contributed by atoms with Gasteiger partial charge in [0.2, 0.25) is 11.8 Å². The summed E-state index contributed by atoms with van der Waals surface area (Å²) < 4.78 is 34.9. The summed E-state index contributed by atoms with van der Waals surface area (Å²) in [6.07, 6.45) is 36.1. The molecule has 3 aliphatic heterocycles. The van der Waals surface area contributed by atoms with Crippen molar-refractivity contribution in [2.45, 2.75) is 420 Å². The molecule has 0 aromatic heterocycles. The number of carbonyl (C=O) groups excluding carboxylic acids is 2. The van der Waals surface area contributed by atoms with Gasteiger partial charge in [-0.05, 0) is 51.4 Å². The van der Waals surface area contributed by atoms with Gasteiger partial charge in [-0.25, -0.2) is 4.79 Å². The van der Waals surface area contributed by atoms with Gasteiger partial charge in [-0.3, -0.25) is 9.59 Å². The maximum atomic E-state index is 13.5. The molecule has 2 amide bonds. The first-order valence-corrected chi connectivity index (χ1v) is 40.4. The fraction of sp³-hybridized carbons (Fsp3) is 0.886. The number of carboxylic acid groups (broad SMARTS) is 1. The standard InChI is InChI=1S/C79H144N2O21/c1-4-6-8-10-12-14-16-18-20-22-24-25-26-27-28-29-30-31-32-33-35-37-39-41-43-45-47-49-51-53-66(89)81-60(61(86)52-50-48-46-44-42-40-38-36-34-23-21-19-17-15-13-11-9-7-5-2)58-97-76-71(93)70(92)73(65(57-84)99-76)100-77-72(94)75(69(91)64(56-83)98-77)102-79(78(95)96)54-62(87)67(80-59(3)85)74(101-79)68(90)63(88)55-82/h24-25,27-28,50,52,60-65,67-77,82-84,86-88,90-94H,4-23,26,29-49,51,53-58H2,1-3H3,(H,80,85)(H,81,89)(H,95,96)/b25-24-,28-27-,52-50+. The Labute approximate surface area is 612 Å². The fourth-order valence-corrected chi connectivity index (χ4v) is 13.9. The molecular formula is C79H144N2O21. The molecule has 3 heterocycles. The Bertz CT molecular complexity index is 2180. The van der Waals surface area contributed by atoms with Crippen LogP contribution in [0.4, 0.5) is 0 Å². The number of allylic oxidation sites excluding steroid dienone is 5. The number of hydrogen-bond donors (Lipinski definition) is 14. The number of aliphatic hydroxyl groups excluding tert-OH is 11. The summed E-state index contributed by atoms with van der Waals surface area (Å²) in [4.78, 5) is 38.7. The maximum Gasteiger partial charge on any atom is 0.364 e. The lowest BCUT2D eigenvalue weighted by Crippen LogP contribution is -2.70. The summed E-state index contributed by atoms with van der Waals surface area (Å²) in [5.41, 5.74) is 0. The molecule has 14 N–H and O–H groups in total. The Morgan fingerprint density at radius 1 is 0.520 bits per heavy atom. The minimum Gasteiger partial charge on any atom is -0.477 e. The molecule has 3 saturated heterocycles. The molecule has 0 spiro atoms. The molecule has 0 bridgehead atoms. The highest BCUT2D eigenvalue weighted by molar-refractivity contribution is 5.77. The molecule has 102 heavy (non-hydrogen) atoms. The lowest BCUT2D eigenvalue weighted by atomic mass is 9.88. The Hall–Kier alpha value is -3.05. The van der Waals surface area contributed by atoms with Crippen molar-refractivity contribution in [3.05, 3.63) is 36.5 Å². The Kier molecular flexibility index (Phi) is 53.0. The van der Waals surface area contributed by atoms with Gasteiger partial charge in [-0.1, -0.05) is 275 Å². The van der Waals surface area contributed by atoms with Crippen molar-refractivity contribution in [1.29, 1.82) is 0 Å². The van der Waals surface area contributed by atoms with Crippen LogP contribution in [0.3, 0.4) is 0 Å². The number of amides is 2. The van der Waals surface area contributed by atoms with Crippen molar-refractivity contribution >= 4 is 17.8 Å². The van der Waals surface area contributed by atoms with Gasteiger partial charge in [0.1, 0.15) is 67.1 Å². The largest absolute Gasteiger partial charge is 0.477 e. The number of rotatable bonds is 63. The van der Waals surface area contributed by atoms with Crippen molar-refractivity contribution in [2.24, 2.45) is 0 Å². The first kappa shape index (κ1) is 93.2. The molecule has 3 fully saturated rings. The smallest absolute Gasteiger partial charge is 0.364 e. The SMILES string of the molecule is CCCCCCCCCCC/C=C\C/C=C\CCCCCCCCCCCCCCCC(=O)NC(COC1OC(CO)C(OC2OC(CO)C(O)C(OC3(C(=O)O)CC(O)C(NC(C)=O)C(C(O)C(O)CO)O3)C2O)C(O)C1O)C(O)/C=C/CCCCCCCCCCCCCCCCCCC. The average Bonchev–Trinajstić information content (AvgIpc) is 0.755. The van der Waals surface area contributed by atoms with Crippen LogP contribution in [-0.4, -0.2) is 215 Å². The zero-order valence-electron chi connectivity index (χ0n) is 63.0. The molecule has 18 unspecified atom stereocenters. The van der Waals surface area contributed by atoms with E-state index in [1.165, 1.54) is 205 Å². The van der Waals surface area contributed by atoms with Crippen LogP contribution in [0.2, 0.25) is 0 Å². The first-order chi connectivity index (χ1) is 49.4. The molecule has 0 aromatic rings. The average molecular weight is 1460 g/mol. The van der Waals surface area contributed by atoms with Gasteiger partial charge in [-0.2, -0.15) is 0 Å². The second-order valence-electron chi connectivity index (χ2n) is 29.3. The van der Waals surface area contributed by atoms with E-state index in [1.54, 1.807) is 6.08 Å². The summed E-state index contributed by atoms with van der Waals surface area (Å²) in [6.45, 7) is 2.17. The van der Waals surface area contributed by atoms with Crippen LogP contribution in [-0.2, 0) is 42.8 Å².